The van der Waals surface area contributed by atoms with Crippen LogP contribution in [0.5, 0.6) is 51.7 Å². The molecule has 0 aromatic heterocycles. The zero-order valence-electron chi connectivity index (χ0n) is 23.1. The lowest BCUT2D eigenvalue weighted by Gasteiger charge is -2.43. The molecule has 0 amide bonds. The van der Waals surface area contributed by atoms with Gasteiger partial charge >= 0.3 is 0 Å². The molecule has 43 heavy (non-hydrogen) atoms. The highest BCUT2D eigenvalue weighted by molar-refractivity contribution is 5.65. The zero-order chi connectivity index (χ0) is 31.0. The van der Waals surface area contributed by atoms with Crippen LogP contribution in [0.4, 0.5) is 0 Å². The van der Waals surface area contributed by atoms with Crippen LogP contribution in [0.2, 0.25) is 0 Å². The Labute approximate surface area is 245 Å². The molecule has 5 atom stereocenters. The summed E-state index contributed by atoms with van der Waals surface area (Å²) in [6, 6.07) is 11.6. The van der Waals surface area contributed by atoms with E-state index < -0.39 is 52.8 Å². The summed E-state index contributed by atoms with van der Waals surface area (Å²) in [4.78, 5) is 0. The van der Waals surface area contributed by atoms with Gasteiger partial charge in [0.05, 0.1) is 5.92 Å². The Bertz CT molecular complexity index is 1760. The largest absolute Gasteiger partial charge is 0.508 e. The lowest BCUT2D eigenvalue weighted by atomic mass is 9.75. The Kier molecular flexibility index (Phi) is 6.40. The fourth-order valence-electron chi connectivity index (χ4n) is 6.17. The molecule has 0 radical (unpaired) electrons. The molecule has 2 aliphatic rings. The quantitative estimate of drug-likeness (QED) is 0.156. The van der Waals surface area contributed by atoms with Crippen molar-refractivity contribution in [2.45, 2.75) is 50.1 Å². The molecule has 0 fully saturated rings. The lowest BCUT2D eigenvalue weighted by molar-refractivity contribution is -0.0640. The molecule has 6 rings (SSSR count). The summed E-state index contributed by atoms with van der Waals surface area (Å²) in [7, 11) is 0. The second kappa shape index (κ2) is 9.79. The Balaban J connectivity index is 1.57. The van der Waals surface area contributed by atoms with Crippen molar-refractivity contribution < 1.29 is 55.4 Å². The van der Waals surface area contributed by atoms with E-state index in [9.17, 15) is 46.0 Å². The predicted molar refractivity (Wildman–Crippen MR) is 151 cm³/mol. The number of aliphatic hydroxyl groups is 2. The average Bonchev–Trinajstić information content (AvgIpc) is 2.92. The first-order valence-electron chi connectivity index (χ1n) is 13.5. The first kappa shape index (κ1) is 28.1. The van der Waals surface area contributed by atoms with Crippen LogP contribution in [0.1, 0.15) is 58.4 Å². The van der Waals surface area contributed by atoms with Crippen molar-refractivity contribution in [1.82, 2.24) is 0 Å². The van der Waals surface area contributed by atoms with Gasteiger partial charge in [0.2, 0.25) is 0 Å². The van der Waals surface area contributed by atoms with Crippen LogP contribution in [0.3, 0.4) is 0 Å². The monoisotopic (exact) mass is 590 g/mol. The maximum atomic E-state index is 11.9. The summed E-state index contributed by atoms with van der Waals surface area (Å²) in [6.45, 7) is 3.28. The number of rotatable bonds is 3. The fourth-order valence-corrected chi connectivity index (χ4v) is 6.17. The molecule has 9 N–H and O–H groups in total. The normalized spacial score (nSPS) is 24.4. The molecule has 0 saturated carbocycles. The van der Waals surface area contributed by atoms with Crippen molar-refractivity contribution >= 4 is 0 Å². The number of ether oxygens (including phenoxy) is 2. The van der Waals surface area contributed by atoms with Crippen LogP contribution < -0.4 is 9.47 Å². The number of hydrogen-bond acceptors (Lipinski definition) is 11. The number of aliphatic hydroxyl groups excluding tert-OH is 1. The van der Waals surface area contributed by atoms with Crippen LogP contribution in [-0.2, 0) is 6.42 Å². The molecular weight excluding hydrogens is 560 g/mol. The highest BCUT2D eigenvalue weighted by Gasteiger charge is 2.48. The SMILES string of the molecule is Cc1cc(O)c(C2c3c(O)cc(O)cc3OC(c3ccc(O)c(O)c3)C2O)c2c1CC(C)(O)C(c1ccc(O)c(O)c1)O2. The van der Waals surface area contributed by atoms with Gasteiger partial charge in [0.15, 0.2) is 35.2 Å². The van der Waals surface area contributed by atoms with E-state index in [1.54, 1.807) is 13.8 Å². The molecule has 0 aliphatic carbocycles. The number of aromatic hydroxyl groups is 7. The van der Waals surface area contributed by atoms with E-state index in [0.29, 0.717) is 16.7 Å². The molecule has 224 valence electrons. The number of fused-ring (bicyclic) bond motifs is 2. The third-order valence-corrected chi connectivity index (χ3v) is 8.22. The standard InChI is InChI=1S/C32H30O11/c1-13-7-22(38)26(30-17(13)12-32(2,41)31(43-30)15-4-6-19(35)21(37)9-15)27-25-23(39)10-16(33)11-24(25)42-29(28(27)40)14-3-5-18(34)20(36)8-14/h3-11,27-29,31,33-41H,12H2,1-2H3. The molecular formula is C32H30O11. The summed E-state index contributed by atoms with van der Waals surface area (Å²) in [5.41, 5.74) is 0.288. The maximum Gasteiger partial charge on any atom is 0.157 e. The second-order valence-electron chi connectivity index (χ2n) is 11.3. The van der Waals surface area contributed by atoms with Gasteiger partial charge in [0.25, 0.3) is 0 Å². The molecule has 0 saturated heterocycles. The number of hydrogen-bond donors (Lipinski definition) is 9. The first-order chi connectivity index (χ1) is 20.3. The van der Waals surface area contributed by atoms with Gasteiger partial charge in [-0.15, -0.1) is 0 Å². The summed E-state index contributed by atoms with van der Waals surface area (Å²) in [5.74, 6) is -3.79. The van der Waals surface area contributed by atoms with Gasteiger partial charge < -0.3 is 55.4 Å². The topological polar surface area (TPSA) is 201 Å². The Morgan fingerprint density at radius 2 is 1.30 bits per heavy atom. The van der Waals surface area contributed by atoms with Gasteiger partial charge in [-0.1, -0.05) is 12.1 Å². The molecule has 11 nitrogen and oxygen atoms in total. The van der Waals surface area contributed by atoms with E-state index in [1.807, 2.05) is 0 Å². The summed E-state index contributed by atoms with van der Waals surface area (Å²) in [5, 5.41) is 96.0. The lowest BCUT2D eigenvalue weighted by Crippen LogP contribution is -2.43. The summed E-state index contributed by atoms with van der Waals surface area (Å²) >= 11 is 0. The van der Waals surface area contributed by atoms with E-state index >= 15 is 0 Å². The van der Waals surface area contributed by atoms with E-state index in [1.165, 1.54) is 48.5 Å². The minimum Gasteiger partial charge on any atom is -0.508 e. The van der Waals surface area contributed by atoms with Gasteiger partial charge in [0, 0.05) is 35.2 Å². The van der Waals surface area contributed by atoms with Gasteiger partial charge in [-0.05, 0) is 60.9 Å². The number of phenolic OH excluding ortho intramolecular Hbond substituents is 7. The van der Waals surface area contributed by atoms with Crippen molar-refractivity contribution in [2.24, 2.45) is 0 Å². The van der Waals surface area contributed by atoms with E-state index in [0.717, 1.165) is 6.07 Å². The van der Waals surface area contributed by atoms with E-state index in [2.05, 4.69) is 0 Å². The maximum absolute atomic E-state index is 11.9. The average molecular weight is 591 g/mol. The Morgan fingerprint density at radius 1 is 0.698 bits per heavy atom. The van der Waals surface area contributed by atoms with Gasteiger partial charge in [0.1, 0.15) is 40.5 Å². The molecule has 2 aliphatic heterocycles. The van der Waals surface area contributed by atoms with Crippen molar-refractivity contribution in [1.29, 1.82) is 0 Å². The van der Waals surface area contributed by atoms with Crippen LogP contribution in [0.25, 0.3) is 0 Å². The Morgan fingerprint density at radius 3 is 1.95 bits per heavy atom. The minimum absolute atomic E-state index is 0.0121. The smallest absolute Gasteiger partial charge is 0.157 e. The second-order valence-corrected chi connectivity index (χ2v) is 11.3. The van der Waals surface area contributed by atoms with Crippen molar-refractivity contribution in [2.75, 3.05) is 0 Å². The third kappa shape index (κ3) is 4.53. The summed E-state index contributed by atoms with van der Waals surface area (Å²) in [6.07, 6.45) is -3.79. The minimum atomic E-state index is -1.52. The molecule has 0 spiro atoms. The van der Waals surface area contributed by atoms with Crippen LogP contribution in [0.15, 0.2) is 54.6 Å². The number of benzene rings is 4. The molecule has 2 heterocycles. The first-order valence-corrected chi connectivity index (χ1v) is 13.5. The molecule has 4 aromatic rings. The van der Waals surface area contributed by atoms with Gasteiger partial charge in [-0.25, -0.2) is 0 Å². The molecule has 0 bridgehead atoms. The third-order valence-electron chi connectivity index (χ3n) is 8.22. The van der Waals surface area contributed by atoms with Crippen molar-refractivity contribution in [3.63, 3.8) is 0 Å². The number of aryl methyl sites for hydroxylation is 1. The van der Waals surface area contributed by atoms with Crippen LogP contribution >= 0.6 is 0 Å². The van der Waals surface area contributed by atoms with E-state index in [-0.39, 0.29) is 51.9 Å². The molecule has 11 heteroatoms. The number of phenols is 7. The van der Waals surface area contributed by atoms with Gasteiger partial charge in [-0.2, -0.15) is 0 Å². The summed E-state index contributed by atoms with van der Waals surface area (Å²) < 4.78 is 12.4. The molecule has 5 unspecified atom stereocenters. The zero-order valence-corrected chi connectivity index (χ0v) is 23.1. The van der Waals surface area contributed by atoms with Crippen molar-refractivity contribution in [3.8, 4) is 51.7 Å². The van der Waals surface area contributed by atoms with E-state index in [4.69, 9.17) is 9.47 Å². The van der Waals surface area contributed by atoms with Crippen molar-refractivity contribution in [3.05, 3.63) is 88.0 Å². The fraction of sp³-hybridized carbons (Fsp3) is 0.250. The highest BCUT2D eigenvalue weighted by Crippen LogP contribution is 2.57. The predicted octanol–water partition coefficient (Wildman–Crippen LogP) is 3.99. The van der Waals surface area contributed by atoms with Crippen LogP contribution in [-0.4, -0.2) is 57.7 Å². The Hall–Kier alpha value is -5.00. The molecule has 4 aromatic carbocycles. The van der Waals surface area contributed by atoms with Gasteiger partial charge in [-0.3, -0.25) is 0 Å². The highest BCUT2D eigenvalue weighted by atomic mass is 16.5. The van der Waals surface area contributed by atoms with Crippen LogP contribution in [0, 0.1) is 6.92 Å².